The van der Waals surface area contributed by atoms with Crippen LogP contribution in [-0.4, -0.2) is 11.0 Å². The zero-order valence-electron chi connectivity index (χ0n) is 10.2. The van der Waals surface area contributed by atoms with Crippen molar-refractivity contribution in [3.63, 3.8) is 0 Å². The van der Waals surface area contributed by atoms with E-state index in [0.29, 0.717) is 12.1 Å². The summed E-state index contributed by atoms with van der Waals surface area (Å²) in [5, 5.41) is 12.0. The number of phenolic OH excluding ortho intramolecular Hbond substituents is 1. The Hall–Kier alpha value is -2.29. The van der Waals surface area contributed by atoms with E-state index in [4.69, 9.17) is 5.11 Å². The molecule has 0 aliphatic rings. The average molecular weight is 241 g/mol. The number of carbonyl (C=O) groups excluding carboxylic acids is 1. The third-order valence-corrected chi connectivity index (χ3v) is 2.67. The van der Waals surface area contributed by atoms with Crippen molar-refractivity contribution in [1.29, 1.82) is 0 Å². The molecule has 0 saturated heterocycles. The summed E-state index contributed by atoms with van der Waals surface area (Å²) in [6.45, 7) is 2.52. The molecule has 0 aliphatic heterocycles. The fourth-order valence-electron chi connectivity index (χ4n) is 1.72. The number of hydrogen-bond acceptors (Lipinski definition) is 2. The number of nitrogens with one attached hydrogen (secondary N) is 1. The van der Waals surface area contributed by atoms with Gasteiger partial charge < -0.3 is 10.4 Å². The maximum atomic E-state index is 11.8. The van der Waals surface area contributed by atoms with E-state index in [2.05, 4.69) is 5.32 Å². The van der Waals surface area contributed by atoms with Gasteiger partial charge in [-0.2, -0.15) is 0 Å². The van der Waals surface area contributed by atoms with E-state index in [1.54, 1.807) is 12.1 Å². The lowest BCUT2D eigenvalue weighted by molar-refractivity contribution is 0.0951. The smallest absolute Gasteiger partial charge is 0.251 e. The first-order chi connectivity index (χ1) is 8.65. The zero-order chi connectivity index (χ0) is 13.0. The van der Waals surface area contributed by atoms with Gasteiger partial charge in [0, 0.05) is 12.1 Å². The Morgan fingerprint density at radius 3 is 2.56 bits per heavy atom. The third-order valence-electron chi connectivity index (χ3n) is 2.67. The minimum atomic E-state index is -0.142. The second-order valence-corrected chi connectivity index (χ2v) is 4.22. The molecule has 0 atom stereocenters. The second kappa shape index (κ2) is 5.36. The summed E-state index contributed by atoms with van der Waals surface area (Å²) in [6, 6.07) is 14.2. The van der Waals surface area contributed by atoms with E-state index >= 15 is 0 Å². The number of carbonyl (C=O) groups is 1. The first-order valence-corrected chi connectivity index (χ1v) is 5.78. The van der Waals surface area contributed by atoms with Crippen molar-refractivity contribution in [3.8, 4) is 5.75 Å². The molecule has 0 radical (unpaired) electrons. The fraction of sp³-hybridized carbons (Fsp3) is 0.133. The summed E-state index contributed by atoms with van der Waals surface area (Å²) in [5.41, 5.74) is 2.79. The van der Waals surface area contributed by atoms with Crippen LogP contribution in [0.15, 0.2) is 48.5 Å². The monoisotopic (exact) mass is 241 g/mol. The summed E-state index contributed by atoms with van der Waals surface area (Å²) in [4.78, 5) is 11.8. The molecule has 0 heterocycles. The SMILES string of the molecule is Cc1cccc(CNC(=O)c2ccc(O)cc2)c1. The maximum absolute atomic E-state index is 11.8. The molecular weight excluding hydrogens is 226 g/mol. The van der Waals surface area contributed by atoms with E-state index in [9.17, 15) is 4.79 Å². The first-order valence-electron chi connectivity index (χ1n) is 5.78. The normalized spacial score (nSPS) is 10.1. The van der Waals surface area contributed by atoms with Gasteiger partial charge in [-0.25, -0.2) is 0 Å². The van der Waals surface area contributed by atoms with Crippen LogP contribution in [0, 0.1) is 6.92 Å². The number of hydrogen-bond donors (Lipinski definition) is 2. The Labute approximate surface area is 106 Å². The lowest BCUT2D eigenvalue weighted by Crippen LogP contribution is -2.22. The van der Waals surface area contributed by atoms with Gasteiger partial charge in [-0.1, -0.05) is 29.8 Å². The Bertz CT molecular complexity index is 547. The van der Waals surface area contributed by atoms with Crippen molar-refractivity contribution in [2.24, 2.45) is 0 Å². The lowest BCUT2D eigenvalue weighted by atomic mass is 10.1. The van der Waals surface area contributed by atoms with Gasteiger partial charge in [-0.3, -0.25) is 4.79 Å². The number of phenols is 1. The molecule has 0 spiro atoms. The van der Waals surface area contributed by atoms with Crippen LogP contribution in [0.5, 0.6) is 5.75 Å². The third kappa shape index (κ3) is 3.10. The summed E-state index contributed by atoms with van der Waals surface area (Å²) in [5.74, 6) is 0.0155. The molecule has 92 valence electrons. The van der Waals surface area contributed by atoms with Crippen LogP contribution in [0.2, 0.25) is 0 Å². The molecule has 0 saturated carbocycles. The topological polar surface area (TPSA) is 49.3 Å². The fourth-order valence-corrected chi connectivity index (χ4v) is 1.72. The summed E-state index contributed by atoms with van der Waals surface area (Å²) < 4.78 is 0. The molecule has 18 heavy (non-hydrogen) atoms. The van der Waals surface area contributed by atoms with E-state index in [1.807, 2.05) is 31.2 Å². The van der Waals surface area contributed by atoms with Crippen molar-refractivity contribution < 1.29 is 9.90 Å². The molecule has 0 bridgehead atoms. The quantitative estimate of drug-likeness (QED) is 0.867. The Kier molecular flexibility index (Phi) is 3.63. The number of benzene rings is 2. The van der Waals surface area contributed by atoms with Gasteiger partial charge in [0.25, 0.3) is 5.91 Å². The molecule has 0 unspecified atom stereocenters. The van der Waals surface area contributed by atoms with Crippen LogP contribution in [0.1, 0.15) is 21.5 Å². The highest BCUT2D eigenvalue weighted by Gasteiger charge is 2.04. The Morgan fingerprint density at radius 2 is 1.89 bits per heavy atom. The van der Waals surface area contributed by atoms with Crippen LogP contribution in [0.4, 0.5) is 0 Å². The van der Waals surface area contributed by atoms with E-state index in [0.717, 1.165) is 5.56 Å². The van der Waals surface area contributed by atoms with Crippen molar-refractivity contribution >= 4 is 5.91 Å². The summed E-state index contributed by atoms with van der Waals surface area (Å²) >= 11 is 0. The molecule has 2 rings (SSSR count). The average Bonchev–Trinajstić information content (AvgIpc) is 2.37. The van der Waals surface area contributed by atoms with Crippen molar-refractivity contribution in [3.05, 3.63) is 65.2 Å². The minimum absolute atomic E-state index is 0.142. The second-order valence-electron chi connectivity index (χ2n) is 4.22. The van der Waals surface area contributed by atoms with E-state index in [1.165, 1.54) is 17.7 Å². The van der Waals surface area contributed by atoms with E-state index in [-0.39, 0.29) is 11.7 Å². The molecule has 2 aromatic rings. The Balaban J connectivity index is 1.98. The predicted octanol–water partition coefficient (Wildman–Crippen LogP) is 2.63. The zero-order valence-corrected chi connectivity index (χ0v) is 10.2. The summed E-state index contributed by atoms with van der Waals surface area (Å²) in [7, 11) is 0. The molecule has 2 N–H and O–H groups in total. The van der Waals surface area contributed by atoms with Crippen LogP contribution in [-0.2, 0) is 6.54 Å². The van der Waals surface area contributed by atoms with Crippen LogP contribution >= 0.6 is 0 Å². The molecular formula is C15H15NO2. The lowest BCUT2D eigenvalue weighted by Gasteiger charge is -2.06. The number of rotatable bonds is 3. The molecule has 3 nitrogen and oxygen atoms in total. The molecule has 3 heteroatoms. The first kappa shape index (κ1) is 12.2. The largest absolute Gasteiger partial charge is 0.508 e. The molecule has 0 fully saturated rings. The number of aryl methyl sites for hydroxylation is 1. The van der Waals surface area contributed by atoms with E-state index < -0.39 is 0 Å². The van der Waals surface area contributed by atoms with Gasteiger partial charge in [0.2, 0.25) is 0 Å². The Morgan fingerprint density at radius 1 is 1.17 bits per heavy atom. The molecule has 2 aromatic carbocycles. The van der Waals surface area contributed by atoms with Gasteiger partial charge >= 0.3 is 0 Å². The maximum Gasteiger partial charge on any atom is 0.251 e. The van der Waals surface area contributed by atoms with Crippen LogP contribution in [0.3, 0.4) is 0 Å². The highest BCUT2D eigenvalue weighted by atomic mass is 16.3. The number of amides is 1. The van der Waals surface area contributed by atoms with Crippen molar-refractivity contribution in [1.82, 2.24) is 5.32 Å². The van der Waals surface area contributed by atoms with Gasteiger partial charge in [-0.15, -0.1) is 0 Å². The van der Waals surface area contributed by atoms with Gasteiger partial charge in [0.05, 0.1) is 0 Å². The van der Waals surface area contributed by atoms with Gasteiger partial charge in [-0.05, 0) is 36.8 Å². The standard InChI is InChI=1S/C15H15NO2/c1-11-3-2-4-12(9-11)10-16-15(18)13-5-7-14(17)8-6-13/h2-9,17H,10H2,1H3,(H,16,18). The highest BCUT2D eigenvalue weighted by molar-refractivity contribution is 5.94. The predicted molar refractivity (Wildman–Crippen MR) is 70.5 cm³/mol. The summed E-state index contributed by atoms with van der Waals surface area (Å²) in [6.07, 6.45) is 0. The number of aromatic hydroxyl groups is 1. The molecule has 1 amide bonds. The molecule has 0 aliphatic carbocycles. The highest BCUT2D eigenvalue weighted by Crippen LogP contribution is 2.10. The van der Waals surface area contributed by atoms with Crippen LogP contribution in [0.25, 0.3) is 0 Å². The van der Waals surface area contributed by atoms with Gasteiger partial charge in [0.1, 0.15) is 5.75 Å². The van der Waals surface area contributed by atoms with Crippen molar-refractivity contribution in [2.45, 2.75) is 13.5 Å². The minimum Gasteiger partial charge on any atom is -0.508 e. The van der Waals surface area contributed by atoms with Crippen molar-refractivity contribution in [2.75, 3.05) is 0 Å². The van der Waals surface area contributed by atoms with Gasteiger partial charge in [0.15, 0.2) is 0 Å². The van der Waals surface area contributed by atoms with Crippen LogP contribution < -0.4 is 5.32 Å². The molecule has 0 aromatic heterocycles.